The van der Waals surface area contributed by atoms with Crippen LogP contribution < -0.4 is 4.74 Å². The highest BCUT2D eigenvalue weighted by atomic mass is 16.5. The van der Waals surface area contributed by atoms with E-state index in [1.54, 1.807) is 0 Å². The van der Waals surface area contributed by atoms with E-state index in [2.05, 4.69) is 10.1 Å². The molecule has 42 heavy (non-hydrogen) atoms. The molecule has 0 bridgehead atoms. The van der Waals surface area contributed by atoms with Gasteiger partial charge in [0.15, 0.2) is 17.4 Å². The molecule has 5 rings (SSSR count). The predicted octanol–water partition coefficient (Wildman–Crippen LogP) is 8.56. The Morgan fingerprint density at radius 3 is 2.31 bits per heavy atom. The molecule has 0 N–H and O–H groups in total. The van der Waals surface area contributed by atoms with Crippen LogP contribution in [0.3, 0.4) is 0 Å². The third kappa shape index (κ3) is 5.51. The molecule has 0 fully saturated rings. The van der Waals surface area contributed by atoms with Crippen LogP contribution in [0.15, 0.2) is 69.9 Å². The summed E-state index contributed by atoms with van der Waals surface area (Å²) in [7, 11) is 0. The van der Waals surface area contributed by atoms with Gasteiger partial charge in [-0.3, -0.25) is 9.59 Å². The van der Waals surface area contributed by atoms with Crippen molar-refractivity contribution in [3.63, 3.8) is 0 Å². The summed E-state index contributed by atoms with van der Waals surface area (Å²) in [6, 6.07) is 17.7. The van der Waals surface area contributed by atoms with Gasteiger partial charge < -0.3 is 13.7 Å². The number of Topliss-reactive ketones (excluding diaryl/α,β-unsaturated/α-hetero) is 2. The van der Waals surface area contributed by atoms with Crippen molar-refractivity contribution in [2.75, 3.05) is 6.61 Å². The Morgan fingerprint density at radius 2 is 1.67 bits per heavy atom. The lowest BCUT2D eigenvalue weighted by Gasteiger charge is -2.20. The summed E-state index contributed by atoms with van der Waals surface area (Å²) >= 11 is 0. The second kappa shape index (κ2) is 11.8. The molecule has 0 aliphatic carbocycles. The van der Waals surface area contributed by atoms with Crippen LogP contribution in [0.2, 0.25) is 0 Å². The molecule has 5 aromatic rings. The van der Waals surface area contributed by atoms with Crippen LogP contribution in [-0.4, -0.2) is 28.3 Å². The number of ether oxygens (including phenoxy) is 1. The molecule has 0 aliphatic rings. The maximum absolute atomic E-state index is 13.7. The van der Waals surface area contributed by atoms with E-state index < -0.39 is 5.41 Å². The Balaban J connectivity index is 1.66. The van der Waals surface area contributed by atoms with E-state index in [9.17, 15) is 9.59 Å². The smallest absolute Gasteiger partial charge is 0.213 e. The van der Waals surface area contributed by atoms with Gasteiger partial charge in [0.1, 0.15) is 17.1 Å². The monoisotopic (exact) mass is 564 g/mol. The van der Waals surface area contributed by atoms with Crippen LogP contribution in [-0.2, 0) is 11.8 Å². The van der Waals surface area contributed by atoms with E-state index in [-0.39, 0.29) is 18.0 Å². The van der Waals surface area contributed by atoms with Crippen molar-refractivity contribution < 1.29 is 23.3 Å². The second-order valence-corrected chi connectivity index (χ2v) is 11.2. The maximum Gasteiger partial charge on any atom is 0.213 e. The lowest BCUT2D eigenvalue weighted by atomic mass is 9.83. The van der Waals surface area contributed by atoms with Gasteiger partial charge in [0.05, 0.1) is 12.2 Å². The number of hydrogen-bond donors (Lipinski definition) is 0. The Labute approximate surface area is 245 Å². The summed E-state index contributed by atoms with van der Waals surface area (Å²) in [6.45, 7) is 12.2. The quantitative estimate of drug-likeness (QED) is 0.148. The van der Waals surface area contributed by atoms with Gasteiger partial charge >= 0.3 is 0 Å². The van der Waals surface area contributed by atoms with Gasteiger partial charge in [0.25, 0.3) is 0 Å². The average molecular weight is 565 g/mol. The minimum Gasteiger partial charge on any atom is -0.493 e. The number of nitrogens with zero attached hydrogens (tertiary/aromatic N) is 2. The summed E-state index contributed by atoms with van der Waals surface area (Å²) in [5, 5.41) is 4.69. The van der Waals surface area contributed by atoms with E-state index in [4.69, 9.17) is 13.7 Å². The molecule has 7 nitrogen and oxygen atoms in total. The molecule has 0 unspecified atom stereocenters. The SMILES string of the molecule is CCOc1cc2oc(-c3ccc(C)cc3)c(C(=O)CC)c2cc1-c1ccc(CC)c(C(=O)CC(C)(C)c2ncon2)c1. The number of aryl methyl sites for hydroxylation is 2. The van der Waals surface area contributed by atoms with Gasteiger partial charge in [-0.2, -0.15) is 4.98 Å². The number of carbonyl (C=O) groups is 2. The van der Waals surface area contributed by atoms with Crippen LogP contribution in [0.5, 0.6) is 5.75 Å². The van der Waals surface area contributed by atoms with Crippen LogP contribution in [0.25, 0.3) is 33.4 Å². The van der Waals surface area contributed by atoms with Gasteiger partial charge in [-0.1, -0.05) is 74.8 Å². The Bertz CT molecular complexity index is 1740. The third-order valence-electron chi connectivity index (χ3n) is 7.68. The number of carbonyl (C=O) groups excluding carboxylic acids is 2. The number of aromatic nitrogens is 2. The fourth-order valence-corrected chi connectivity index (χ4v) is 5.34. The van der Waals surface area contributed by atoms with Crippen molar-refractivity contribution in [2.45, 2.75) is 66.2 Å². The summed E-state index contributed by atoms with van der Waals surface area (Å²) < 4.78 is 17.4. The molecule has 0 saturated heterocycles. The molecule has 2 heterocycles. The van der Waals surface area contributed by atoms with E-state index >= 15 is 0 Å². The zero-order chi connectivity index (χ0) is 30.0. The number of furan rings is 1. The van der Waals surface area contributed by atoms with Gasteiger partial charge in [-0.05, 0) is 43.5 Å². The highest BCUT2D eigenvalue weighted by molar-refractivity contribution is 6.13. The van der Waals surface area contributed by atoms with E-state index in [0.29, 0.717) is 53.5 Å². The second-order valence-electron chi connectivity index (χ2n) is 11.2. The zero-order valence-electron chi connectivity index (χ0n) is 25.0. The fraction of sp³-hybridized carbons (Fsp3) is 0.314. The molecule has 0 atom stereocenters. The maximum atomic E-state index is 13.7. The van der Waals surface area contributed by atoms with Crippen LogP contribution in [0.1, 0.15) is 85.1 Å². The zero-order valence-corrected chi connectivity index (χ0v) is 25.0. The number of ketones is 2. The molecule has 0 spiro atoms. The normalized spacial score (nSPS) is 11.7. The van der Waals surface area contributed by atoms with Gasteiger partial charge in [0, 0.05) is 46.4 Å². The van der Waals surface area contributed by atoms with Crippen molar-refractivity contribution >= 4 is 22.5 Å². The average Bonchev–Trinajstić information content (AvgIpc) is 3.66. The molecule has 3 aromatic carbocycles. The summed E-state index contributed by atoms with van der Waals surface area (Å²) in [6.07, 6.45) is 2.55. The molecular weight excluding hydrogens is 528 g/mol. The van der Waals surface area contributed by atoms with E-state index in [0.717, 1.165) is 33.2 Å². The first-order valence-electron chi connectivity index (χ1n) is 14.4. The number of rotatable bonds is 11. The first-order valence-corrected chi connectivity index (χ1v) is 14.4. The van der Waals surface area contributed by atoms with Crippen LogP contribution in [0, 0.1) is 6.92 Å². The Hall–Kier alpha value is -4.52. The predicted molar refractivity (Wildman–Crippen MR) is 163 cm³/mol. The van der Waals surface area contributed by atoms with Crippen molar-refractivity contribution in [1.82, 2.24) is 10.1 Å². The molecular formula is C35H36N2O5. The standard InChI is InChI=1S/C35H36N2O5/c1-7-22-14-15-24(16-25(22)29(39)19-35(5,6)34-36-20-41-37-34)26-17-27-31(18-30(26)40-9-3)42-33(32(27)28(38)8-2)23-12-10-21(4)11-13-23/h10-18,20H,7-9,19H2,1-6H3. The fourth-order valence-electron chi connectivity index (χ4n) is 5.34. The molecule has 0 saturated carbocycles. The topological polar surface area (TPSA) is 95.4 Å². The summed E-state index contributed by atoms with van der Waals surface area (Å²) in [5.41, 5.74) is 5.73. The minimum atomic E-state index is -0.598. The lowest BCUT2D eigenvalue weighted by molar-refractivity contribution is 0.0952. The first-order chi connectivity index (χ1) is 20.2. The van der Waals surface area contributed by atoms with Gasteiger partial charge in [-0.25, -0.2) is 0 Å². The molecule has 7 heteroatoms. The molecule has 0 radical (unpaired) electrons. The van der Waals surface area contributed by atoms with Crippen molar-refractivity contribution in [3.05, 3.63) is 89.1 Å². The third-order valence-corrected chi connectivity index (χ3v) is 7.68. The van der Waals surface area contributed by atoms with Crippen LogP contribution in [0.4, 0.5) is 0 Å². The first kappa shape index (κ1) is 29.0. The lowest BCUT2D eigenvalue weighted by Crippen LogP contribution is -2.24. The van der Waals surface area contributed by atoms with Gasteiger partial charge in [0.2, 0.25) is 6.39 Å². The number of fused-ring (bicyclic) bond motifs is 1. The molecule has 0 aliphatic heterocycles. The highest BCUT2D eigenvalue weighted by Crippen LogP contribution is 2.42. The molecule has 2 aromatic heterocycles. The largest absolute Gasteiger partial charge is 0.493 e. The summed E-state index contributed by atoms with van der Waals surface area (Å²) in [4.78, 5) is 31.2. The summed E-state index contributed by atoms with van der Waals surface area (Å²) in [5.74, 6) is 1.66. The van der Waals surface area contributed by atoms with Gasteiger partial charge in [-0.15, -0.1) is 0 Å². The minimum absolute atomic E-state index is 0.000305. The number of hydrogen-bond acceptors (Lipinski definition) is 7. The molecule has 216 valence electrons. The van der Waals surface area contributed by atoms with Crippen molar-refractivity contribution in [2.24, 2.45) is 0 Å². The van der Waals surface area contributed by atoms with E-state index in [1.807, 2.05) is 96.1 Å². The van der Waals surface area contributed by atoms with Crippen molar-refractivity contribution in [1.29, 1.82) is 0 Å². The van der Waals surface area contributed by atoms with Crippen molar-refractivity contribution in [3.8, 4) is 28.2 Å². The molecule has 0 amide bonds. The Morgan fingerprint density at radius 1 is 0.929 bits per heavy atom. The van der Waals surface area contributed by atoms with E-state index in [1.165, 1.54) is 6.39 Å². The highest BCUT2D eigenvalue weighted by Gasteiger charge is 2.30. The Kier molecular flexibility index (Phi) is 8.12. The van der Waals surface area contributed by atoms with Crippen LogP contribution >= 0.6 is 0 Å². The number of benzene rings is 3.